The van der Waals surface area contributed by atoms with Crippen LogP contribution in [0.4, 0.5) is 0 Å². The van der Waals surface area contributed by atoms with Gasteiger partial charge in [-0.2, -0.15) is 0 Å². The van der Waals surface area contributed by atoms with E-state index in [1.807, 2.05) is 13.8 Å². The normalized spacial score (nSPS) is 15.7. The minimum atomic E-state index is 0.170. The number of carbonyl (C=O) groups is 1. The van der Waals surface area contributed by atoms with Gasteiger partial charge in [-0.3, -0.25) is 4.79 Å². The zero-order chi connectivity index (χ0) is 9.42. The Morgan fingerprint density at radius 1 is 1.23 bits per heavy atom. The molecule has 0 unspecified atom stereocenters. The molecule has 4 heteroatoms. The molecule has 0 saturated carbocycles. The summed E-state index contributed by atoms with van der Waals surface area (Å²) in [4.78, 5) is 20.0. The molecule has 1 aromatic heterocycles. The fourth-order valence-electron chi connectivity index (χ4n) is 1.56. The lowest BCUT2D eigenvalue weighted by molar-refractivity contribution is 0.101. The first-order chi connectivity index (χ1) is 6.18. The van der Waals surface area contributed by atoms with Crippen LogP contribution in [-0.2, 0) is 5.75 Å². The molecule has 0 fully saturated rings. The first-order valence-electron chi connectivity index (χ1n) is 4.13. The molecule has 0 bridgehead atoms. The van der Waals surface area contributed by atoms with E-state index in [1.54, 1.807) is 11.8 Å². The topological polar surface area (TPSA) is 42.9 Å². The molecule has 3 nitrogen and oxygen atoms in total. The molecule has 1 aliphatic heterocycles. The van der Waals surface area contributed by atoms with Gasteiger partial charge in [-0.25, -0.2) is 9.97 Å². The maximum Gasteiger partial charge on any atom is 0.176 e. The molecule has 0 aliphatic carbocycles. The first-order valence-corrected chi connectivity index (χ1v) is 5.29. The van der Waals surface area contributed by atoms with Crippen LogP contribution in [-0.4, -0.2) is 21.5 Å². The number of ketones is 1. The van der Waals surface area contributed by atoms with Crippen LogP contribution in [0.1, 0.15) is 27.6 Å². The molecule has 1 aromatic rings. The highest BCUT2D eigenvalue weighted by atomic mass is 32.2. The number of Topliss-reactive ketones (excluding diaryl/α,β-unsaturated/α-hetero) is 1. The lowest BCUT2D eigenvalue weighted by atomic mass is 10.1. The third-order valence-corrected chi connectivity index (χ3v) is 2.97. The molecule has 0 spiro atoms. The minimum absolute atomic E-state index is 0.170. The Labute approximate surface area is 81.0 Å². The molecule has 0 N–H and O–H groups in total. The van der Waals surface area contributed by atoms with E-state index in [2.05, 4.69) is 9.97 Å². The maximum atomic E-state index is 11.5. The summed E-state index contributed by atoms with van der Waals surface area (Å²) >= 11 is 1.62. The molecule has 1 aliphatic rings. The molecule has 13 heavy (non-hydrogen) atoms. The van der Waals surface area contributed by atoms with Crippen molar-refractivity contribution in [3.8, 4) is 0 Å². The predicted octanol–water partition coefficient (Wildman–Crippen LogP) is 1.52. The quantitative estimate of drug-likeness (QED) is 0.628. The number of rotatable bonds is 0. The van der Waals surface area contributed by atoms with E-state index in [0.29, 0.717) is 5.75 Å². The first kappa shape index (κ1) is 8.69. The Balaban J connectivity index is 2.63. The lowest BCUT2D eigenvalue weighted by Crippen LogP contribution is -2.17. The average Bonchev–Trinajstić information content (AvgIpc) is 2.02. The van der Waals surface area contributed by atoms with Gasteiger partial charge < -0.3 is 0 Å². The van der Waals surface area contributed by atoms with Gasteiger partial charge >= 0.3 is 0 Å². The SMILES string of the molecule is Cc1nc(C)c2c(n1)CSCC2=O. The zero-order valence-electron chi connectivity index (χ0n) is 7.63. The summed E-state index contributed by atoms with van der Waals surface area (Å²) in [7, 11) is 0. The third kappa shape index (κ3) is 1.46. The number of hydrogen-bond acceptors (Lipinski definition) is 4. The minimum Gasteiger partial charge on any atom is -0.293 e. The van der Waals surface area contributed by atoms with E-state index in [0.717, 1.165) is 28.5 Å². The van der Waals surface area contributed by atoms with E-state index < -0.39 is 0 Å². The van der Waals surface area contributed by atoms with Gasteiger partial charge in [-0.1, -0.05) is 0 Å². The van der Waals surface area contributed by atoms with Crippen molar-refractivity contribution < 1.29 is 4.79 Å². The largest absolute Gasteiger partial charge is 0.293 e. The number of aromatic nitrogens is 2. The third-order valence-electron chi connectivity index (χ3n) is 2.03. The summed E-state index contributed by atoms with van der Waals surface area (Å²) in [6.45, 7) is 3.73. The van der Waals surface area contributed by atoms with Gasteiger partial charge in [0.05, 0.1) is 22.7 Å². The molecule has 0 amide bonds. The molecule has 0 saturated heterocycles. The van der Waals surface area contributed by atoms with Gasteiger partial charge in [-0.05, 0) is 13.8 Å². The van der Waals surface area contributed by atoms with Crippen molar-refractivity contribution in [1.29, 1.82) is 0 Å². The van der Waals surface area contributed by atoms with Crippen molar-refractivity contribution in [3.63, 3.8) is 0 Å². The molecule has 0 radical (unpaired) electrons. The van der Waals surface area contributed by atoms with Crippen LogP contribution in [0, 0.1) is 13.8 Å². The molecular weight excluding hydrogens is 184 g/mol. The van der Waals surface area contributed by atoms with Crippen molar-refractivity contribution in [3.05, 3.63) is 22.8 Å². The number of thioether (sulfide) groups is 1. The lowest BCUT2D eigenvalue weighted by Gasteiger charge is -2.15. The van der Waals surface area contributed by atoms with Gasteiger partial charge in [-0.15, -0.1) is 11.8 Å². The fraction of sp³-hybridized carbons (Fsp3) is 0.444. The molecule has 0 atom stereocenters. The van der Waals surface area contributed by atoms with E-state index in [9.17, 15) is 4.79 Å². The highest BCUT2D eigenvalue weighted by molar-refractivity contribution is 7.99. The van der Waals surface area contributed by atoms with Gasteiger partial charge in [0.2, 0.25) is 0 Å². The highest BCUT2D eigenvalue weighted by Crippen LogP contribution is 2.24. The van der Waals surface area contributed by atoms with Crippen LogP contribution in [0.2, 0.25) is 0 Å². The fourth-order valence-corrected chi connectivity index (χ4v) is 2.40. The molecule has 2 rings (SSSR count). The molecular formula is C9H10N2OS. The summed E-state index contributed by atoms with van der Waals surface area (Å²) in [5.74, 6) is 2.33. The second-order valence-electron chi connectivity index (χ2n) is 3.09. The smallest absolute Gasteiger partial charge is 0.176 e. The van der Waals surface area contributed by atoms with Crippen LogP contribution in [0.15, 0.2) is 0 Å². The summed E-state index contributed by atoms with van der Waals surface area (Å²) in [6.07, 6.45) is 0. The molecule has 0 aromatic carbocycles. The van der Waals surface area contributed by atoms with Crippen LogP contribution >= 0.6 is 11.8 Å². The number of nitrogens with zero attached hydrogens (tertiary/aromatic N) is 2. The monoisotopic (exact) mass is 194 g/mol. The summed E-state index contributed by atoms with van der Waals surface area (Å²) in [6, 6.07) is 0. The summed E-state index contributed by atoms with van der Waals surface area (Å²) in [5.41, 5.74) is 2.49. The van der Waals surface area contributed by atoms with Crippen molar-refractivity contribution in [1.82, 2.24) is 9.97 Å². The Morgan fingerprint density at radius 2 is 2.00 bits per heavy atom. The van der Waals surface area contributed by atoms with Gasteiger partial charge in [0.15, 0.2) is 5.78 Å². The number of aryl methyl sites for hydroxylation is 2. The van der Waals surface area contributed by atoms with Gasteiger partial charge in [0.1, 0.15) is 5.82 Å². The summed E-state index contributed by atoms with van der Waals surface area (Å²) < 4.78 is 0. The van der Waals surface area contributed by atoms with Crippen molar-refractivity contribution in [2.75, 3.05) is 5.75 Å². The Bertz CT molecular complexity index is 376. The molecule has 2 heterocycles. The second kappa shape index (κ2) is 3.10. The van der Waals surface area contributed by atoms with Crippen molar-refractivity contribution >= 4 is 17.5 Å². The van der Waals surface area contributed by atoms with E-state index >= 15 is 0 Å². The maximum absolute atomic E-state index is 11.5. The van der Waals surface area contributed by atoms with Crippen LogP contribution in [0.5, 0.6) is 0 Å². The highest BCUT2D eigenvalue weighted by Gasteiger charge is 2.21. The van der Waals surface area contributed by atoms with E-state index in [-0.39, 0.29) is 5.78 Å². The second-order valence-corrected chi connectivity index (χ2v) is 4.08. The van der Waals surface area contributed by atoms with Gasteiger partial charge in [0, 0.05) is 5.75 Å². The van der Waals surface area contributed by atoms with E-state index in [1.165, 1.54) is 0 Å². The standard InChI is InChI=1S/C9H10N2OS/c1-5-9-7(11-6(2)10-5)3-13-4-8(9)12/h3-4H2,1-2H3. The van der Waals surface area contributed by atoms with Gasteiger partial charge in [0.25, 0.3) is 0 Å². The number of hydrogen-bond donors (Lipinski definition) is 0. The van der Waals surface area contributed by atoms with Crippen molar-refractivity contribution in [2.24, 2.45) is 0 Å². The average molecular weight is 194 g/mol. The molecule has 68 valence electrons. The number of carbonyl (C=O) groups excluding carboxylic acids is 1. The van der Waals surface area contributed by atoms with Crippen LogP contribution in [0.3, 0.4) is 0 Å². The number of fused-ring (bicyclic) bond motifs is 1. The summed E-state index contributed by atoms with van der Waals surface area (Å²) in [5, 5.41) is 0. The van der Waals surface area contributed by atoms with Crippen LogP contribution < -0.4 is 0 Å². The Hall–Kier alpha value is -0.900. The zero-order valence-corrected chi connectivity index (χ0v) is 8.44. The van der Waals surface area contributed by atoms with E-state index in [4.69, 9.17) is 0 Å². The van der Waals surface area contributed by atoms with Crippen molar-refractivity contribution in [2.45, 2.75) is 19.6 Å². The predicted molar refractivity (Wildman–Crippen MR) is 52.0 cm³/mol. The Kier molecular flexibility index (Phi) is 2.07. The Morgan fingerprint density at radius 3 is 2.77 bits per heavy atom. The van der Waals surface area contributed by atoms with Crippen LogP contribution in [0.25, 0.3) is 0 Å².